The van der Waals surface area contributed by atoms with Crippen molar-refractivity contribution in [2.24, 2.45) is 5.92 Å². The van der Waals surface area contributed by atoms with Crippen LogP contribution in [0.4, 0.5) is 0 Å². The minimum absolute atomic E-state index is 0.777. The van der Waals surface area contributed by atoms with Gasteiger partial charge in [0.15, 0.2) is 0 Å². The quantitative estimate of drug-likeness (QED) is 0.671. The van der Waals surface area contributed by atoms with Crippen LogP contribution in [-0.4, -0.2) is 0 Å². The number of hydrogen-bond donors (Lipinski definition) is 0. The summed E-state index contributed by atoms with van der Waals surface area (Å²) in [5.41, 5.74) is 1.29. The first kappa shape index (κ1) is 12.0. The van der Waals surface area contributed by atoms with Crippen molar-refractivity contribution in [2.75, 3.05) is 0 Å². The van der Waals surface area contributed by atoms with Gasteiger partial charge in [-0.05, 0) is 36.8 Å². The predicted octanol–water partition coefficient (Wildman–Crippen LogP) is 5.25. The average Bonchev–Trinajstić information content (AvgIpc) is 2.34. The largest absolute Gasteiger partial charge is 0.0840 e. The zero-order chi connectivity index (χ0) is 11.4. The Morgan fingerprint density at radius 2 is 1.88 bits per heavy atom. The van der Waals surface area contributed by atoms with Gasteiger partial charge < -0.3 is 0 Å². The molecular formula is C15H20Cl. The molecular weight excluding hydrogens is 216 g/mol. The van der Waals surface area contributed by atoms with Gasteiger partial charge in [-0.2, -0.15) is 0 Å². The summed E-state index contributed by atoms with van der Waals surface area (Å²) in [6.07, 6.45) is 8.03. The van der Waals surface area contributed by atoms with E-state index in [2.05, 4.69) is 19.1 Å². The molecule has 0 atom stereocenters. The summed E-state index contributed by atoms with van der Waals surface area (Å²) in [4.78, 5) is 0. The Hall–Kier alpha value is -0.490. The fraction of sp³-hybridized carbons (Fsp3) is 0.533. The highest BCUT2D eigenvalue weighted by Gasteiger charge is 2.25. The molecule has 0 unspecified atom stereocenters. The highest BCUT2D eigenvalue weighted by atomic mass is 35.5. The van der Waals surface area contributed by atoms with E-state index in [0.717, 1.165) is 17.4 Å². The fourth-order valence-electron chi connectivity index (χ4n) is 2.87. The highest BCUT2D eigenvalue weighted by molar-refractivity contribution is 6.31. The third kappa shape index (κ3) is 2.60. The molecule has 0 heterocycles. The lowest BCUT2D eigenvalue weighted by Crippen LogP contribution is -2.16. The number of halogens is 1. The first-order chi connectivity index (χ1) is 7.83. The van der Waals surface area contributed by atoms with Crippen LogP contribution in [0.3, 0.4) is 0 Å². The van der Waals surface area contributed by atoms with Crippen LogP contribution in [-0.2, 0) is 0 Å². The molecule has 0 nitrogen and oxygen atoms in total. The van der Waals surface area contributed by atoms with Crippen molar-refractivity contribution in [3.8, 4) is 0 Å². The minimum Gasteiger partial charge on any atom is -0.0840 e. The second kappa shape index (κ2) is 5.72. The maximum absolute atomic E-state index is 6.30. The van der Waals surface area contributed by atoms with Gasteiger partial charge in [0.2, 0.25) is 0 Å². The van der Waals surface area contributed by atoms with E-state index in [0.29, 0.717) is 0 Å². The number of hydrogen-bond acceptors (Lipinski definition) is 0. The third-order valence-electron chi connectivity index (χ3n) is 3.70. The molecule has 0 spiro atoms. The van der Waals surface area contributed by atoms with Gasteiger partial charge in [-0.15, -0.1) is 0 Å². The van der Waals surface area contributed by atoms with Crippen LogP contribution < -0.4 is 0 Å². The molecule has 0 aromatic heterocycles. The lowest BCUT2D eigenvalue weighted by atomic mass is 9.75. The van der Waals surface area contributed by atoms with Crippen molar-refractivity contribution < 1.29 is 0 Å². The fourth-order valence-corrected chi connectivity index (χ4v) is 3.13. The molecule has 16 heavy (non-hydrogen) atoms. The Morgan fingerprint density at radius 1 is 1.19 bits per heavy atom. The van der Waals surface area contributed by atoms with Gasteiger partial charge >= 0.3 is 0 Å². The van der Waals surface area contributed by atoms with Crippen LogP contribution >= 0.6 is 11.6 Å². The highest BCUT2D eigenvalue weighted by Crippen LogP contribution is 2.39. The van der Waals surface area contributed by atoms with Crippen LogP contribution in [0.15, 0.2) is 24.3 Å². The van der Waals surface area contributed by atoms with Crippen molar-refractivity contribution in [3.05, 3.63) is 40.8 Å². The Labute approximate surface area is 104 Å². The Kier molecular flexibility index (Phi) is 4.29. The number of rotatable bonds is 3. The predicted molar refractivity (Wildman–Crippen MR) is 70.7 cm³/mol. The van der Waals surface area contributed by atoms with Gasteiger partial charge in [0, 0.05) is 10.9 Å². The molecule has 0 saturated heterocycles. The first-order valence-electron chi connectivity index (χ1n) is 6.43. The van der Waals surface area contributed by atoms with E-state index in [4.69, 9.17) is 11.6 Å². The SMILES string of the molecule is CC[C](c1ccccc1Cl)C1CCCCC1. The maximum Gasteiger partial charge on any atom is 0.0444 e. The number of benzene rings is 1. The van der Waals surface area contributed by atoms with Crippen molar-refractivity contribution >= 4 is 11.6 Å². The van der Waals surface area contributed by atoms with E-state index in [1.165, 1.54) is 37.7 Å². The summed E-state index contributed by atoms with van der Waals surface area (Å²) in [6, 6.07) is 8.30. The second-order valence-corrected chi connectivity index (χ2v) is 5.10. The molecule has 1 aliphatic carbocycles. The Morgan fingerprint density at radius 3 is 2.50 bits per heavy atom. The van der Waals surface area contributed by atoms with Crippen LogP contribution in [0.5, 0.6) is 0 Å². The van der Waals surface area contributed by atoms with E-state index < -0.39 is 0 Å². The van der Waals surface area contributed by atoms with Gasteiger partial charge in [0.25, 0.3) is 0 Å². The molecule has 2 rings (SSSR count). The zero-order valence-corrected chi connectivity index (χ0v) is 10.8. The van der Waals surface area contributed by atoms with Crippen molar-refractivity contribution in [1.82, 2.24) is 0 Å². The van der Waals surface area contributed by atoms with Crippen molar-refractivity contribution in [1.29, 1.82) is 0 Å². The van der Waals surface area contributed by atoms with Gasteiger partial charge in [-0.25, -0.2) is 0 Å². The summed E-state index contributed by atoms with van der Waals surface area (Å²) >= 11 is 6.30. The summed E-state index contributed by atoms with van der Waals surface area (Å²) in [5, 5.41) is 0.921. The van der Waals surface area contributed by atoms with Crippen molar-refractivity contribution in [3.63, 3.8) is 0 Å². The van der Waals surface area contributed by atoms with Crippen LogP contribution in [0.2, 0.25) is 5.02 Å². The zero-order valence-electron chi connectivity index (χ0n) is 10.0. The first-order valence-corrected chi connectivity index (χ1v) is 6.81. The lowest BCUT2D eigenvalue weighted by molar-refractivity contribution is 0.369. The van der Waals surface area contributed by atoms with Crippen LogP contribution in [0.25, 0.3) is 0 Å². The van der Waals surface area contributed by atoms with E-state index in [-0.39, 0.29) is 0 Å². The minimum atomic E-state index is 0.777. The molecule has 1 saturated carbocycles. The second-order valence-electron chi connectivity index (χ2n) is 4.69. The molecule has 0 amide bonds. The molecule has 1 aliphatic rings. The molecule has 0 bridgehead atoms. The summed E-state index contributed by atoms with van der Waals surface area (Å²) in [5.74, 6) is 2.35. The van der Waals surface area contributed by atoms with Crippen molar-refractivity contribution in [2.45, 2.75) is 45.4 Å². The van der Waals surface area contributed by atoms with E-state index in [9.17, 15) is 0 Å². The summed E-state index contributed by atoms with van der Waals surface area (Å²) < 4.78 is 0. The summed E-state index contributed by atoms with van der Waals surface area (Å²) in [6.45, 7) is 2.26. The molecule has 1 heteroatoms. The van der Waals surface area contributed by atoms with E-state index >= 15 is 0 Å². The Balaban J connectivity index is 2.18. The van der Waals surface area contributed by atoms with Gasteiger partial charge in [-0.3, -0.25) is 0 Å². The van der Waals surface area contributed by atoms with Crippen LogP contribution in [0, 0.1) is 11.8 Å². The normalized spacial score (nSPS) is 17.9. The van der Waals surface area contributed by atoms with Crippen LogP contribution in [0.1, 0.15) is 51.0 Å². The standard InChI is InChI=1S/C15H20Cl/c1-2-13(12-8-4-3-5-9-12)14-10-6-7-11-15(14)16/h6-7,10-12H,2-5,8-9H2,1H3. The molecule has 1 aromatic carbocycles. The van der Waals surface area contributed by atoms with Gasteiger partial charge in [0.1, 0.15) is 0 Å². The maximum atomic E-state index is 6.30. The third-order valence-corrected chi connectivity index (χ3v) is 4.03. The molecule has 87 valence electrons. The lowest BCUT2D eigenvalue weighted by Gasteiger charge is -2.29. The molecule has 1 fully saturated rings. The average molecular weight is 236 g/mol. The topological polar surface area (TPSA) is 0 Å². The Bertz CT molecular complexity index is 326. The van der Waals surface area contributed by atoms with E-state index in [1.54, 1.807) is 5.92 Å². The molecule has 1 radical (unpaired) electrons. The molecule has 0 N–H and O–H groups in total. The van der Waals surface area contributed by atoms with Gasteiger partial charge in [0.05, 0.1) is 0 Å². The molecule has 0 aliphatic heterocycles. The molecule has 1 aromatic rings. The van der Waals surface area contributed by atoms with Gasteiger partial charge in [-0.1, -0.05) is 56.0 Å². The monoisotopic (exact) mass is 235 g/mol. The smallest absolute Gasteiger partial charge is 0.0444 e. The van der Waals surface area contributed by atoms with E-state index in [1.807, 2.05) is 12.1 Å². The summed E-state index contributed by atoms with van der Waals surface area (Å²) in [7, 11) is 0.